The van der Waals surface area contributed by atoms with Gasteiger partial charge in [0.25, 0.3) is 5.91 Å². The number of benzene rings is 1. The van der Waals surface area contributed by atoms with Crippen molar-refractivity contribution in [3.63, 3.8) is 0 Å². The Bertz CT molecular complexity index is 432. The van der Waals surface area contributed by atoms with E-state index in [0.29, 0.717) is 5.56 Å². The summed E-state index contributed by atoms with van der Waals surface area (Å²) in [6.07, 6.45) is -5.16. The Morgan fingerprint density at radius 2 is 2.06 bits per heavy atom. The molecule has 18 heavy (non-hydrogen) atoms. The average Bonchev–Trinajstić information content (AvgIpc) is 2.26. The molecule has 0 atom stereocenters. The van der Waals surface area contributed by atoms with E-state index in [1.165, 1.54) is 0 Å². The van der Waals surface area contributed by atoms with E-state index >= 15 is 0 Å². The van der Waals surface area contributed by atoms with Crippen molar-refractivity contribution in [1.29, 1.82) is 0 Å². The molecule has 0 radical (unpaired) electrons. The summed E-state index contributed by atoms with van der Waals surface area (Å²) >= 11 is 3.29. The summed E-state index contributed by atoms with van der Waals surface area (Å²) in [5.74, 6) is -0.351. The molecule has 100 valence electrons. The molecule has 0 unspecified atom stereocenters. The van der Waals surface area contributed by atoms with E-state index in [9.17, 15) is 18.0 Å². The van der Waals surface area contributed by atoms with Gasteiger partial charge in [0.2, 0.25) is 0 Å². The first-order chi connectivity index (χ1) is 8.31. The summed E-state index contributed by atoms with van der Waals surface area (Å²) in [6.45, 7) is 1.79. The molecule has 0 aliphatic rings. The molecule has 0 fully saturated rings. The average molecular weight is 324 g/mol. The first-order valence-corrected chi connectivity index (χ1v) is 6.20. The van der Waals surface area contributed by atoms with E-state index in [1.807, 2.05) is 0 Å². The third-order valence-electron chi connectivity index (χ3n) is 2.43. The van der Waals surface area contributed by atoms with E-state index in [4.69, 9.17) is 0 Å². The van der Waals surface area contributed by atoms with Crippen molar-refractivity contribution in [3.05, 3.63) is 33.8 Å². The van der Waals surface area contributed by atoms with Crippen molar-refractivity contribution in [2.45, 2.75) is 25.9 Å². The number of hydrogen-bond acceptors (Lipinski definition) is 1. The molecule has 0 bridgehead atoms. The Hall–Kier alpha value is -1.04. The number of alkyl halides is 3. The summed E-state index contributed by atoms with van der Waals surface area (Å²) < 4.78 is 36.5. The second-order valence-electron chi connectivity index (χ2n) is 3.89. The second-order valence-corrected chi connectivity index (χ2v) is 4.74. The molecule has 6 heteroatoms. The molecule has 1 rings (SSSR count). The summed E-state index contributed by atoms with van der Waals surface area (Å²) in [7, 11) is 0. The maximum atomic E-state index is 11.9. The molecular formula is C12H13BrF3NO. The highest BCUT2D eigenvalue weighted by Crippen LogP contribution is 2.21. The van der Waals surface area contributed by atoms with Gasteiger partial charge in [-0.2, -0.15) is 13.2 Å². The summed E-state index contributed by atoms with van der Waals surface area (Å²) in [5.41, 5.74) is 1.24. The molecule has 0 aromatic heterocycles. The smallest absolute Gasteiger partial charge is 0.352 e. The highest BCUT2D eigenvalue weighted by atomic mass is 79.9. The van der Waals surface area contributed by atoms with Gasteiger partial charge in [0.1, 0.15) is 0 Å². The number of amides is 1. The zero-order chi connectivity index (χ0) is 13.8. The lowest BCUT2D eigenvalue weighted by Crippen LogP contribution is -2.26. The molecule has 0 heterocycles. The molecule has 1 aromatic carbocycles. The van der Waals surface area contributed by atoms with Crippen molar-refractivity contribution >= 4 is 21.8 Å². The zero-order valence-electron chi connectivity index (χ0n) is 9.77. The lowest BCUT2D eigenvalue weighted by Gasteiger charge is -2.09. The van der Waals surface area contributed by atoms with Gasteiger partial charge in [0.15, 0.2) is 0 Å². The number of carbonyl (C=O) groups is 1. The Morgan fingerprint density at radius 3 is 2.67 bits per heavy atom. The van der Waals surface area contributed by atoms with Crippen molar-refractivity contribution in [1.82, 2.24) is 5.32 Å². The van der Waals surface area contributed by atoms with Crippen LogP contribution in [-0.4, -0.2) is 18.6 Å². The van der Waals surface area contributed by atoms with Crippen LogP contribution in [0, 0.1) is 6.92 Å². The predicted octanol–water partition coefficient (Wildman–Crippen LogP) is 3.83. The van der Waals surface area contributed by atoms with Crippen molar-refractivity contribution in [2.24, 2.45) is 0 Å². The minimum absolute atomic E-state index is 0.0182. The number of nitrogens with one attached hydrogen (secondary N) is 1. The lowest BCUT2D eigenvalue weighted by atomic mass is 10.1. The van der Waals surface area contributed by atoms with Crippen LogP contribution >= 0.6 is 15.9 Å². The van der Waals surface area contributed by atoms with Crippen molar-refractivity contribution in [3.8, 4) is 0 Å². The third kappa shape index (κ3) is 4.68. The van der Waals surface area contributed by atoms with Gasteiger partial charge in [0, 0.05) is 23.0 Å². The molecule has 2 nitrogen and oxygen atoms in total. The molecule has 1 N–H and O–H groups in total. The standard InChI is InChI=1S/C12H13BrF3NO/c1-8-9(4-2-5-10(8)13)11(18)17-7-3-6-12(14,15)16/h2,4-5H,3,6-7H2,1H3,(H,17,18). The van der Waals surface area contributed by atoms with Crippen LogP contribution < -0.4 is 5.32 Å². The Morgan fingerprint density at radius 1 is 1.39 bits per heavy atom. The highest BCUT2D eigenvalue weighted by Gasteiger charge is 2.26. The lowest BCUT2D eigenvalue weighted by molar-refractivity contribution is -0.135. The molecule has 0 aliphatic carbocycles. The van der Waals surface area contributed by atoms with Crippen LogP contribution in [0.5, 0.6) is 0 Å². The minimum Gasteiger partial charge on any atom is -0.352 e. The number of halogens is 4. The van der Waals surface area contributed by atoms with E-state index < -0.39 is 12.6 Å². The maximum Gasteiger partial charge on any atom is 0.389 e. The fourth-order valence-corrected chi connectivity index (χ4v) is 1.81. The molecule has 0 spiro atoms. The number of hydrogen-bond donors (Lipinski definition) is 1. The van der Waals surface area contributed by atoms with Crippen LogP contribution in [0.15, 0.2) is 22.7 Å². The van der Waals surface area contributed by atoms with Gasteiger partial charge in [-0.05, 0) is 31.0 Å². The third-order valence-corrected chi connectivity index (χ3v) is 3.29. The SMILES string of the molecule is Cc1c(Br)cccc1C(=O)NCCCC(F)(F)F. The van der Waals surface area contributed by atoms with Crippen molar-refractivity contribution < 1.29 is 18.0 Å². The first-order valence-electron chi connectivity index (χ1n) is 5.41. The molecule has 1 aromatic rings. The number of carbonyl (C=O) groups excluding carboxylic acids is 1. The van der Waals surface area contributed by atoms with Crippen LogP contribution in [0.25, 0.3) is 0 Å². The van der Waals surface area contributed by atoms with Gasteiger partial charge in [-0.25, -0.2) is 0 Å². The van der Waals surface area contributed by atoms with Gasteiger partial charge in [-0.3, -0.25) is 4.79 Å². The fraction of sp³-hybridized carbons (Fsp3) is 0.417. The Kier molecular flexibility index (Phi) is 5.19. The first kappa shape index (κ1) is 15.0. The monoisotopic (exact) mass is 323 g/mol. The van der Waals surface area contributed by atoms with E-state index in [1.54, 1.807) is 25.1 Å². The van der Waals surface area contributed by atoms with E-state index in [0.717, 1.165) is 10.0 Å². The maximum absolute atomic E-state index is 11.9. The van der Waals surface area contributed by atoms with Gasteiger partial charge < -0.3 is 5.32 Å². The summed E-state index contributed by atoms with van der Waals surface area (Å²) in [6, 6.07) is 5.15. The van der Waals surface area contributed by atoms with Gasteiger partial charge in [-0.15, -0.1) is 0 Å². The minimum atomic E-state index is -4.17. The van der Waals surface area contributed by atoms with Gasteiger partial charge in [-0.1, -0.05) is 22.0 Å². The molecule has 0 saturated carbocycles. The normalized spacial score (nSPS) is 11.4. The Labute approximate surface area is 112 Å². The molecule has 0 aliphatic heterocycles. The largest absolute Gasteiger partial charge is 0.389 e. The molecule has 0 saturated heterocycles. The van der Waals surface area contributed by atoms with Gasteiger partial charge in [0.05, 0.1) is 0 Å². The molecule has 1 amide bonds. The zero-order valence-corrected chi connectivity index (χ0v) is 11.4. The fourth-order valence-electron chi connectivity index (χ4n) is 1.44. The summed E-state index contributed by atoms with van der Waals surface area (Å²) in [4.78, 5) is 11.7. The van der Waals surface area contributed by atoms with Crippen molar-refractivity contribution in [2.75, 3.05) is 6.54 Å². The highest BCUT2D eigenvalue weighted by molar-refractivity contribution is 9.10. The van der Waals surface area contributed by atoms with Crippen LogP contribution in [-0.2, 0) is 0 Å². The summed E-state index contributed by atoms with van der Waals surface area (Å²) in [5, 5.41) is 2.48. The van der Waals surface area contributed by atoms with Crippen LogP contribution in [0.1, 0.15) is 28.8 Å². The topological polar surface area (TPSA) is 29.1 Å². The van der Waals surface area contributed by atoms with E-state index in [2.05, 4.69) is 21.2 Å². The second kappa shape index (κ2) is 6.22. The predicted molar refractivity (Wildman–Crippen MR) is 66.5 cm³/mol. The quantitative estimate of drug-likeness (QED) is 0.838. The van der Waals surface area contributed by atoms with Gasteiger partial charge >= 0.3 is 6.18 Å². The molecular weight excluding hydrogens is 311 g/mol. The van der Waals surface area contributed by atoms with E-state index in [-0.39, 0.29) is 18.9 Å². The number of rotatable bonds is 4. The van der Waals surface area contributed by atoms with Crippen LogP contribution in [0.2, 0.25) is 0 Å². The van der Waals surface area contributed by atoms with Crippen LogP contribution in [0.4, 0.5) is 13.2 Å². The van der Waals surface area contributed by atoms with Crippen LogP contribution in [0.3, 0.4) is 0 Å². The Balaban J connectivity index is 2.49.